The van der Waals surface area contributed by atoms with E-state index >= 15 is 0 Å². The van der Waals surface area contributed by atoms with Crippen molar-refractivity contribution in [1.29, 1.82) is 0 Å². The number of fused-ring (bicyclic) bond motifs is 1. The maximum absolute atomic E-state index is 12.9. The van der Waals surface area contributed by atoms with Gasteiger partial charge in [0, 0.05) is 50.7 Å². The Balaban J connectivity index is 1.26. The number of benzene rings is 3. The smallest absolute Gasteiger partial charge is 0.248 e. The second kappa shape index (κ2) is 11.0. The van der Waals surface area contributed by atoms with Crippen LogP contribution < -0.4 is 5.32 Å². The summed E-state index contributed by atoms with van der Waals surface area (Å²) in [6, 6.07) is 32.3. The lowest BCUT2D eigenvalue weighted by Gasteiger charge is -2.50. The molecule has 1 unspecified atom stereocenters. The lowest BCUT2D eigenvalue weighted by atomic mass is 9.82. The number of rotatable bonds is 7. The average molecular weight is 456 g/mol. The van der Waals surface area contributed by atoms with Gasteiger partial charge in [-0.15, -0.1) is 0 Å². The van der Waals surface area contributed by atoms with Gasteiger partial charge in [-0.25, -0.2) is 0 Å². The third-order valence-electron chi connectivity index (χ3n) is 7.08. The molecule has 0 aliphatic carbocycles. The van der Waals surface area contributed by atoms with Crippen molar-refractivity contribution in [3.8, 4) is 0 Å². The number of carbonyl (C=O) groups excluding carboxylic acids is 1. The third-order valence-corrected chi connectivity index (χ3v) is 7.08. The summed E-state index contributed by atoms with van der Waals surface area (Å²) >= 11 is 0. The van der Waals surface area contributed by atoms with Gasteiger partial charge < -0.3 is 15.0 Å². The van der Waals surface area contributed by atoms with Gasteiger partial charge in [-0.1, -0.05) is 91.0 Å². The highest BCUT2D eigenvalue weighted by Crippen LogP contribution is 2.33. The normalized spacial score (nSPS) is 20.8. The van der Waals surface area contributed by atoms with E-state index < -0.39 is 0 Å². The highest BCUT2D eigenvalue weighted by Gasteiger charge is 2.40. The zero-order valence-corrected chi connectivity index (χ0v) is 19.6. The van der Waals surface area contributed by atoms with Crippen molar-refractivity contribution >= 4 is 5.91 Å². The van der Waals surface area contributed by atoms with Gasteiger partial charge >= 0.3 is 0 Å². The predicted molar refractivity (Wildman–Crippen MR) is 135 cm³/mol. The molecular formula is C29H33N3O2. The number of hydrogen-bond donors (Lipinski definition) is 1. The number of carbonyl (C=O) groups is 1. The number of nitrogens with one attached hydrogen (secondary N) is 1. The van der Waals surface area contributed by atoms with Gasteiger partial charge in [0.2, 0.25) is 5.91 Å². The number of nitrogens with zero attached hydrogens (tertiary/aromatic N) is 2. The van der Waals surface area contributed by atoms with E-state index in [1.165, 1.54) is 11.1 Å². The molecule has 2 saturated heterocycles. The molecule has 0 bridgehead atoms. The summed E-state index contributed by atoms with van der Waals surface area (Å²) in [7, 11) is 0. The van der Waals surface area contributed by atoms with E-state index in [9.17, 15) is 4.79 Å². The van der Waals surface area contributed by atoms with E-state index in [-0.39, 0.29) is 18.4 Å². The minimum atomic E-state index is 0.0837. The lowest BCUT2D eigenvalue weighted by molar-refractivity contribution is -0.140. The average Bonchev–Trinajstić information content (AvgIpc) is 2.90. The molecule has 1 amide bonds. The van der Waals surface area contributed by atoms with Gasteiger partial charge in [0.25, 0.3) is 0 Å². The van der Waals surface area contributed by atoms with E-state index in [4.69, 9.17) is 4.74 Å². The van der Waals surface area contributed by atoms with Crippen molar-refractivity contribution in [2.24, 2.45) is 0 Å². The third kappa shape index (κ3) is 5.22. The molecule has 176 valence electrons. The molecule has 3 aromatic rings. The van der Waals surface area contributed by atoms with Crippen molar-refractivity contribution in [3.63, 3.8) is 0 Å². The van der Waals surface area contributed by atoms with Crippen LogP contribution in [0.4, 0.5) is 0 Å². The summed E-state index contributed by atoms with van der Waals surface area (Å²) in [6.45, 7) is 4.83. The van der Waals surface area contributed by atoms with E-state index in [1.54, 1.807) is 0 Å². The minimum absolute atomic E-state index is 0.0837. The quantitative estimate of drug-likeness (QED) is 0.592. The number of piperazine rings is 2. The standard InChI is InChI=1S/C29H33N3O2/c33-28(22-34-21-23-10-4-1-5-11-23)31-16-17-32-26(20-31)18-30-19-27(32)29(24-12-6-2-7-13-24)25-14-8-3-9-15-25/h1-15,26-27,29-30H,16-22H2/t26-,27?/m1/s1. The van der Waals surface area contributed by atoms with Crippen molar-refractivity contribution in [3.05, 3.63) is 108 Å². The Hall–Kier alpha value is -2.99. The van der Waals surface area contributed by atoms with Crippen molar-refractivity contribution < 1.29 is 9.53 Å². The fraction of sp³-hybridized carbons (Fsp3) is 0.345. The van der Waals surface area contributed by atoms with Gasteiger partial charge in [-0.05, 0) is 16.7 Å². The first kappa shape index (κ1) is 22.8. The Labute approximate surface area is 202 Å². The molecule has 5 rings (SSSR count). The summed E-state index contributed by atoms with van der Waals surface area (Å²) in [5, 5.41) is 3.67. The van der Waals surface area contributed by atoms with Crippen LogP contribution in [-0.4, -0.2) is 67.1 Å². The zero-order valence-electron chi connectivity index (χ0n) is 19.6. The van der Waals surface area contributed by atoms with Crippen molar-refractivity contribution in [2.45, 2.75) is 24.6 Å². The van der Waals surface area contributed by atoms with Crippen LogP contribution in [0, 0.1) is 0 Å². The summed E-state index contributed by atoms with van der Waals surface area (Å²) < 4.78 is 5.73. The molecule has 2 atom stereocenters. The van der Waals surface area contributed by atoms with Crippen LogP contribution in [0.3, 0.4) is 0 Å². The van der Waals surface area contributed by atoms with E-state index in [0.717, 1.165) is 38.3 Å². The van der Waals surface area contributed by atoms with Crippen LogP contribution in [-0.2, 0) is 16.1 Å². The lowest BCUT2D eigenvalue weighted by Crippen LogP contribution is -2.67. The fourth-order valence-electron chi connectivity index (χ4n) is 5.42. The molecular weight excluding hydrogens is 422 g/mol. The molecule has 5 heteroatoms. The Morgan fingerprint density at radius 2 is 1.47 bits per heavy atom. The van der Waals surface area contributed by atoms with E-state index in [0.29, 0.717) is 18.7 Å². The molecule has 2 aliphatic heterocycles. The van der Waals surface area contributed by atoms with Crippen LogP contribution in [0.1, 0.15) is 22.6 Å². The summed E-state index contributed by atoms with van der Waals surface area (Å²) in [5.74, 6) is 0.370. The minimum Gasteiger partial charge on any atom is -0.367 e. The molecule has 34 heavy (non-hydrogen) atoms. The Morgan fingerprint density at radius 1 is 0.853 bits per heavy atom. The fourth-order valence-corrected chi connectivity index (χ4v) is 5.42. The Morgan fingerprint density at radius 3 is 2.12 bits per heavy atom. The SMILES string of the molecule is O=C(COCc1ccccc1)N1CCN2C(C(c3ccccc3)c3ccccc3)CNC[C@@H]2C1. The van der Waals surface area contributed by atoms with Gasteiger partial charge in [-0.2, -0.15) is 0 Å². The van der Waals surface area contributed by atoms with Gasteiger partial charge in [-0.3, -0.25) is 9.69 Å². The maximum Gasteiger partial charge on any atom is 0.248 e. The Kier molecular flexibility index (Phi) is 7.34. The first-order chi connectivity index (χ1) is 16.8. The van der Waals surface area contributed by atoms with Crippen LogP contribution in [0.15, 0.2) is 91.0 Å². The van der Waals surface area contributed by atoms with Crippen LogP contribution in [0.2, 0.25) is 0 Å². The number of hydrogen-bond acceptors (Lipinski definition) is 4. The number of ether oxygens (including phenoxy) is 1. The van der Waals surface area contributed by atoms with Gasteiger partial charge in [0.05, 0.1) is 6.61 Å². The summed E-state index contributed by atoms with van der Waals surface area (Å²) in [4.78, 5) is 17.5. The highest BCUT2D eigenvalue weighted by molar-refractivity contribution is 5.77. The van der Waals surface area contributed by atoms with Crippen LogP contribution in [0.25, 0.3) is 0 Å². The van der Waals surface area contributed by atoms with Gasteiger partial charge in [0.1, 0.15) is 6.61 Å². The number of amides is 1. The molecule has 2 aliphatic rings. The molecule has 0 saturated carbocycles. The molecule has 2 fully saturated rings. The Bertz CT molecular complexity index is 1010. The first-order valence-electron chi connectivity index (χ1n) is 12.3. The first-order valence-corrected chi connectivity index (χ1v) is 12.3. The molecule has 0 spiro atoms. The molecule has 2 heterocycles. The van der Waals surface area contributed by atoms with E-state index in [2.05, 4.69) is 70.9 Å². The largest absolute Gasteiger partial charge is 0.367 e. The monoisotopic (exact) mass is 455 g/mol. The highest BCUT2D eigenvalue weighted by atomic mass is 16.5. The maximum atomic E-state index is 12.9. The molecule has 0 radical (unpaired) electrons. The van der Waals surface area contributed by atoms with Gasteiger partial charge in [0.15, 0.2) is 0 Å². The van der Waals surface area contributed by atoms with Crippen molar-refractivity contribution in [2.75, 3.05) is 39.3 Å². The predicted octanol–water partition coefficient (Wildman–Crippen LogP) is 3.52. The second-order valence-corrected chi connectivity index (χ2v) is 9.23. The molecule has 5 nitrogen and oxygen atoms in total. The second-order valence-electron chi connectivity index (χ2n) is 9.23. The van der Waals surface area contributed by atoms with Crippen LogP contribution in [0.5, 0.6) is 0 Å². The van der Waals surface area contributed by atoms with Crippen LogP contribution >= 0.6 is 0 Å². The molecule has 3 aromatic carbocycles. The zero-order chi connectivity index (χ0) is 23.2. The van der Waals surface area contributed by atoms with Crippen molar-refractivity contribution in [1.82, 2.24) is 15.1 Å². The molecule has 0 aromatic heterocycles. The topological polar surface area (TPSA) is 44.8 Å². The van der Waals surface area contributed by atoms with E-state index in [1.807, 2.05) is 35.2 Å². The summed E-state index contributed by atoms with van der Waals surface area (Å²) in [5.41, 5.74) is 3.77. The molecule has 1 N–H and O–H groups in total. The summed E-state index contributed by atoms with van der Waals surface area (Å²) in [6.07, 6.45) is 0.